The molecule has 0 fully saturated rings. The molecule has 0 aliphatic heterocycles. The van der Waals surface area contributed by atoms with Crippen LogP contribution in [0.15, 0.2) is 53.0 Å². The van der Waals surface area contributed by atoms with Crippen molar-refractivity contribution in [2.45, 2.75) is 65.6 Å². The van der Waals surface area contributed by atoms with E-state index in [9.17, 15) is 18.0 Å². The number of hydrogen-bond acceptors (Lipinski definition) is 4. The smallest absolute Gasteiger partial charge is 0.242 e. The van der Waals surface area contributed by atoms with Crippen molar-refractivity contribution in [2.24, 2.45) is 0 Å². The number of amides is 2. The number of carbonyl (C=O) groups excluding carboxylic acids is 2. The van der Waals surface area contributed by atoms with E-state index >= 15 is 0 Å². The Morgan fingerprint density at radius 1 is 1.09 bits per heavy atom. The zero-order valence-corrected chi connectivity index (χ0v) is 23.5. The topological polar surface area (TPSA) is 86.8 Å². The molecule has 0 aliphatic rings. The summed E-state index contributed by atoms with van der Waals surface area (Å²) < 4.78 is 27.2. The number of nitrogens with zero attached hydrogens (tertiary/aromatic N) is 2. The molecule has 0 saturated heterocycles. The molecule has 2 rings (SSSR count). The van der Waals surface area contributed by atoms with Gasteiger partial charge in [0.2, 0.25) is 21.8 Å². The standard InChI is InChI=1S/C26H36BrN3O4S/c1-6-20(3)28-26(32)21(4)29(18-22-12-9-13-23(27)17-22)25(31)15-10-16-30(35(5,33)34)24-14-8-7-11-19(24)2/h7-9,11-14,17,20-21H,6,10,15-16,18H2,1-5H3,(H,28,32)/t20-,21+/m1/s1. The quantitative estimate of drug-likeness (QED) is 0.406. The van der Waals surface area contributed by atoms with Crippen molar-refractivity contribution in [1.29, 1.82) is 0 Å². The predicted octanol–water partition coefficient (Wildman–Crippen LogP) is 4.64. The van der Waals surface area contributed by atoms with E-state index in [2.05, 4.69) is 21.2 Å². The molecule has 7 nitrogen and oxygen atoms in total. The number of carbonyl (C=O) groups is 2. The second kappa shape index (κ2) is 13.1. The number of sulfonamides is 1. The zero-order valence-electron chi connectivity index (χ0n) is 21.1. The van der Waals surface area contributed by atoms with Crippen molar-refractivity contribution < 1.29 is 18.0 Å². The fourth-order valence-corrected chi connectivity index (χ4v) is 5.18. The van der Waals surface area contributed by atoms with Crippen LogP contribution in [0.25, 0.3) is 0 Å². The first kappa shape index (κ1) is 28.8. The van der Waals surface area contributed by atoms with Gasteiger partial charge in [0.15, 0.2) is 0 Å². The van der Waals surface area contributed by atoms with Crippen LogP contribution >= 0.6 is 15.9 Å². The summed E-state index contributed by atoms with van der Waals surface area (Å²) in [5.74, 6) is -0.407. The maximum Gasteiger partial charge on any atom is 0.242 e. The Balaban J connectivity index is 2.18. The van der Waals surface area contributed by atoms with Gasteiger partial charge in [-0.25, -0.2) is 8.42 Å². The molecule has 192 valence electrons. The largest absolute Gasteiger partial charge is 0.352 e. The Labute approximate surface area is 218 Å². The van der Waals surface area contributed by atoms with E-state index in [1.807, 2.05) is 57.2 Å². The summed E-state index contributed by atoms with van der Waals surface area (Å²) in [5.41, 5.74) is 2.35. The second-order valence-electron chi connectivity index (χ2n) is 8.87. The average Bonchev–Trinajstić information content (AvgIpc) is 2.79. The van der Waals surface area contributed by atoms with Crippen molar-refractivity contribution >= 4 is 43.5 Å². The lowest BCUT2D eigenvalue weighted by Gasteiger charge is -2.30. The Hall–Kier alpha value is -2.39. The minimum Gasteiger partial charge on any atom is -0.352 e. The van der Waals surface area contributed by atoms with Crippen molar-refractivity contribution in [3.8, 4) is 0 Å². The molecule has 1 N–H and O–H groups in total. The van der Waals surface area contributed by atoms with Gasteiger partial charge in [-0.15, -0.1) is 0 Å². The lowest BCUT2D eigenvalue weighted by atomic mass is 10.1. The average molecular weight is 567 g/mol. The van der Waals surface area contributed by atoms with Crippen LogP contribution in [0.2, 0.25) is 0 Å². The van der Waals surface area contributed by atoms with Gasteiger partial charge in [0.05, 0.1) is 11.9 Å². The Kier molecular flexibility index (Phi) is 10.8. The van der Waals surface area contributed by atoms with Crippen LogP contribution < -0.4 is 9.62 Å². The molecular weight excluding hydrogens is 530 g/mol. The molecule has 2 aromatic rings. The molecule has 0 saturated carbocycles. The van der Waals surface area contributed by atoms with E-state index in [1.54, 1.807) is 24.0 Å². The van der Waals surface area contributed by atoms with Crippen LogP contribution in [0.4, 0.5) is 5.69 Å². The molecule has 35 heavy (non-hydrogen) atoms. The second-order valence-corrected chi connectivity index (χ2v) is 11.7. The Morgan fingerprint density at radius 2 is 1.77 bits per heavy atom. The van der Waals surface area contributed by atoms with E-state index in [4.69, 9.17) is 0 Å². The summed E-state index contributed by atoms with van der Waals surface area (Å²) in [7, 11) is -3.52. The first-order chi connectivity index (χ1) is 16.4. The van der Waals surface area contributed by atoms with E-state index < -0.39 is 16.1 Å². The molecule has 9 heteroatoms. The minimum atomic E-state index is -3.52. The van der Waals surface area contributed by atoms with Gasteiger partial charge in [-0.2, -0.15) is 0 Å². The molecule has 2 atom stereocenters. The molecule has 0 aliphatic carbocycles. The normalized spacial score (nSPS) is 13.1. The molecular formula is C26H36BrN3O4S. The number of aryl methyl sites for hydroxylation is 1. The molecule has 0 aromatic heterocycles. The van der Waals surface area contributed by atoms with Gasteiger partial charge in [-0.05, 0) is 62.9 Å². The van der Waals surface area contributed by atoms with Crippen molar-refractivity contribution in [3.05, 3.63) is 64.1 Å². The van der Waals surface area contributed by atoms with Crippen LogP contribution in [0.5, 0.6) is 0 Å². The van der Waals surface area contributed by atoms with Gasteiger partial charge >= 0.3 is 0 Å². The number of nitrogens with one attached hydrogen (secondary N) is 1. The number of para-hydroxylation sites is 1. The fourth-order valence-electron chi connectivity index (χ4n) is 3.71. The van der Waals surface area contributed by atoms with Crippen molar-refractivity contribution in [3.63, 3.8) is 0 Å². The van der Waals surface area contributed by atoms with E-state index in [1.165, 1.54) is 10.6 Å². The predicted molar refractivity (Wildman–Crippen MR) is 145 cm³/mol. The van der Waals surface area contributed by atoms with E-state index in [0.717, 1.165) is 22.0 Å². The van der Waals surface area contributed by atoms with Crippen LogP contribution in [0.3, 0.4) is 0 Å². The Morgan fingerprint density at radius 3 is 2.37 bits per heavy atom. The fraction of sp³-hybridized carbons (Fsp3) is 0.462. The third-order valence-corrected chi connectivity index (χ3v) is 7.62. The molecule has 0 bridgehead atoms. The van der Waals surface area contributed by atoms with Gasteiger partial charge in [-0.1, -0.05) is 53.2 Å². The van der Waals surface area contributed by atoms with Gasteiger partial charge in [0, 0.05) is 30.0 Å². The van der Waals surface area contributed by atoms with E-state index in [0.29, 0.717) is 12.1 Å². The first-order valence-corrected chi connectivity index (χ1v) is 14.5. The third-order valence-electron chi connectivity index (χ3n) is 5.95. The third kappa shape index (κ3) is 8.65. The Bertz CT molecular complexity index is 1120. The number of anilines is 1. The number of rotatable bonds is 12. The highest BCUT2D eigenvalue weighted by Gasteiger charge is 2.27. The van der Waals surface area contributed by atoms with Gasteiger partial charge in [0.25, 0.3) is 0 Å². The van der Waals surface area contributed by atoms with Crippen LogP contribution in [-0.2, 0) is 26.2 Å². The highest BCUT2D eigenvalue weighted by molar-refractivity contribution is 9.10. The molecule has 2 amide bonds. The van der Waals surface area contributed by atoms with Crippen LogP contribution in [0, 0.1) is 6.92 Å². The SMILES string of the molecule is CC[C@@H](C)NC(=O)[C@H](C)N(Cc1cccc(Br)c1)C(=O)CCCN(c1ccccc1C)S(C)(=O)=O. The maximum atomic E-state index is 13.3. The summed E-state index contributed by atoms with van der Waals surface area (Å²) in [4.78, 5) is 27.8. The lowest BCUT2D eigenvalue weighted by Crippen LogP contribution is -2.49. The molecule has 0 heterocycles. The van der Waals surface area contributed by atoms with Crippen LogP contribution in [0.1, 0.15) is 51.2 Å². The number of hydrogen-bond donors (Lipinski definition) is 1. The number of halogens is 1. The highest BCUT2D eigenvalue weighted by atomic mass is 79.9. The molecule has 0 radical (unpaired) electrons. The number of benzene rings is 2. The summed E-state index contributed by atoms with van der Waals surface area (Å²) in [5, 5.41) is 2.95. The highest BCUT2D eigenvalue weighted by Crippen LogP contribution is 2.23. The first-order valence-electron chi connectivity index (χ1n) is 11.8. The summed E-state index contributed by atoms with van der Waals surface area (Å²) in [6.45, 7) is 7.95. The van der Waals surface area contributed by atoms with Gasteiger partial charge < -0.3 is 10.2 Å². The zero-order chi connectivity index (χ0) is 26.2. The van der Waals surface area contributed by atoms with E-state index in [-0.39, 0.29) is 37.4 Å². The summed E-state index contributed by atoms with van der Waals surface area (Å²) in [6, 6.07) is 14.2. The lowest BCUT2D eigenvalue weighted by molar-refractivity contribution is -0.140. The van der Waals surface area contributed by atoms with Gasteiger partial charge in [-0.3, -0.25) is 13.9 Å². The molecule has 0 spiro atoms. The van der Waals surface area contributed by atoms with Crippen molar-refractivity contribution in [1.82, 2.24) is 10.2 Å². The molecule has 0 unspecified atom stereocenters. The van der Waals surface area contributed by atoms with Gasteiger partial charge in [0.1, 0.15) is 6.04 Å². The van der Waals surface area contributed by atoms with Crippen LogP contribution in [-0.4, -0.2) is 50.0 Å². The monoisotopic (exact) mass is 565 g/mol. The molecule has 2 aromatic carbocycles. The summed E-state index contributed by atoms with van der Waals surface area (Å²) in [6.07, 6.45) is 2.40. The maximum absolute atomic E-state index is 13.3. The minimum absolute atomic E-state index is 0.00482. The van der Waals surface area contributed by atoms with Crippen molar-refractivity contribution in [2.75, 3.05) is 17.1 Å². The summed E-state index contributed by atoms with van der Waals surface area (Å²) >= 11 is 3.46.